The van der Waals surface area contributed by atoms with Crippen LogP contribution in [0.1, 0.15) is 105 Å². The highest BCUT2D eigenvalue weighted by Crippen LogP contribution is 2.51. The lowest BCUT2D eigenvalue weighted by Crippen LogP contribution is -2.60. The molecule has 0 atom stereocenters. The molecule has 0 spiro atoms. The first-order valence-corrected chi connectivity index (χ1v) is 31.0. The summed E-state index contributed by atoms with van der Waals surface area (Å²) in [6.07, 6.45) is 0. The Morgan fingerprint density at radius 2 is 0.835 bits per heavy atom. The molecule has 3 aromatic heterocycles. The van der Waals surface area contributed by atoms with Crippen LogP contribution in [0.3, 0.4) is 0 Å². The SMILES string of the molecule is CC(C)(C)c1ccc(N(c2ccc(C(C)(C)C)cc2)c2ccc3c(c2)N(c2cccc4c2oc2ccccc24)c2cc(N(c4ccc(C(C)(C)C)cc4)c4ccc(C(C)(C)C)cc4)cc4c2B3c2cccc3c5c6ccccc6sc5n-4c23)cc1. The number of aromatic nitrogens is 1. The number of para-hydroxylation sites is 3. The van der Waals surface area contributed by atoms with Gasteiger partial charge in [-0.3, -0.25) is 0 Å². The van der Waals surface area contributed by atoms with Gasteiger partial charge in [-0.2, -0.15) is 0 Å². The van der Waals surface area contributed by atoms with Crippen molar-refractivity contribution >= 4 is 139 Å². The second-order valence-electron chi connectivity index (χ2n) is 27.9. The summed E-state index contributed by atoms with van der Waals surface area (Å²) in [5.41, 5.74) is 22.9. The van der Waals surface area contributed by atoms with E-state index in [2.05, 4.69) is 315 Å². The lowest BCUT2D eigenvalue weighted by Gasteiger charge is -2.42. The monoisotopic (exact) mass is 1120 g/mol. The van der Waals surface area contributed by atoms with Gasteiger partial charge in [0.05, 0.1) is 16.9 Å². The minimum absolute atomic E-state index is 0.000918. The van der Waals surface area contributed by atoms with Crippen molar-refractivity contribution < 1.29 is 4.42 Å². The van der Waals surface area contributed by atoms with E-state index in [1.165, 1.54) is 75.5 Å². The molecule has 10 aromatic carbocycles. The average Bonchev–Trinajstić information content (AvgIpc) is 2.37. The number of thiophene rings is 1. The summed E-state index contributed by atoms with van der Waals surface area (Å²) >= 11 is 1.90. The molecular weight excluding hydrogens is 1050 g/mol. The van der Waals surface area contributed by atoms with Crippen molar-refractivity contribution in [2.45, 2.75) is 105 Å². The largest absolute Gasteiger partial charge is 0.454 e. The van der Waals surface area contributed by atoms with Crippen molar-refractivity contribution in [3.8, 4) is 5.69 Å². The van der Waals surface area contributed by atoms with Gasteiger partial charge < -0.3 is 23.7 Å². The molecule has 0 aliphatic carbocycles. The van der Waals surface area contributed by atoms with E-state index in [0.717, 1.165) is 73.1 Å². The van der Waals surface area contributed by atoms with Crippen LogP contribution in [0, 0.1) is 0 Å². The summed E-state index contributed by atoms with van der Waals surface area (Å²) in [5, 5.41) is 6.07. The zero-order valence-electron chi connectivity index (χ0n) is 50.9. The highest BCUT2D eigenvalue weighted by Gasteiger charge is 2.44. The van der Waals surface area contributed by atoms with Crippen LogP contribution in [0.15, 0.2) is 217 Å². The highest BCUT2D eigenvalue weighted by atomic mass is 32.1. The Morgan fingerprint density at radius 1 is 0.376 bits per heavy atom. The topological polar surface area (TPSA) is 27.8 Å². The van der Waals surface area contributed by atoms with Gasteiger partial charge in [-0.1, -0.05) is 204 Å². The summed E-state index contributed by atoms with van der Waals surface area (Å²) in [7, 11) is 0. The summed E-state index contributed by atoms with van der Waals surface area (Å²) in [5.74, 6) is 0. The fraction of sp³-hybridized carbons (Fsp3) is 0.205. The standard InChI is InChI=1S/C78H71BN4OS/c1-75(2,3)48-27-35-52(36-28-48)80(53-37-29-49(30-38-53)76(4,5)6)56-43-44-62-65(45-56)82(64-24-18-21-59-58-19-13-15-25-68(58)84-73(59)64)66-46-57(81(54-39-31-50(32-40-54)77(7,8)9)55-41-33-51(34-42-55)78(10,11)12)47-67-71(66)79(62)63-23-17-22-61-70-60-20-14-16-26-69(60)85-74(70)83(67)72(61)63/h13-47H,1-12H3. The minimum atomic E-state index is -0.114. The molecular formula is C78H71BN4OS. The molecule has 418 valence electrons. The van der Waals surface area contributed by atoms with Gasteiger partial charge in [-0.25, -0.2) is 0 Å². The number of rotatable bonds is 7. The van der Waals surface area contributed by atoms with Crippen LogP contribution in [0.5, 0.6) is 0 Å². The zero-order chi connectivity index (χ0) is 58.6. The van der Waals surface area contributed by atoms with E-state index in [9.17, 15) is 0 Å². The first-order chi connectivity index (χ1) is 40.7. The Balaban J connectivity index is 1.07. The highest BCUT2D eigenvalue weighted by molar-refractivity contribution is 7.26. The third kappa shape index (κ3) is 8.47. The first kappa shape index (κ1) is 53.0. The van der Waals surface area contributed by atoms with Gasteiger partial charge in [0, 0.05) is 77.1 Å². The summed E-state index contributed by atoms with van der Waals surface area (Å²) in [6, 6.07) is 80.6. The van der Waals surface area contributed by atoms with Gasteiger partial charge in [-0.05, 0) is 151 Å². The number of furan rings is 1. The van der Waals surface area contributed by atoms with Crippen LogP contribution in [-0.4, -0.2) is 11.3 Å². The molecule has 5 heterocycles. The van der Waals surface area contributed by atoms with Gasteiger partial charge in [0.1, 0.15) is 10.4 Å². The normalized spacial score (nSPS) is 13.4. The van der Waals surface area contributed by atoms with Gasteiger partial charge in [0.25, 0.3) is 6.71 Å². The predicted molar refractivity (Wildman–Crippen MR) is 367 cm³/mol. The van der Waals surface area contributed by atoms with Crippen LogP contribution in [0.4, 0.5) is 51.2 Å². The van der Waals surface area contributed by atoms with E-state index in [4.69, 9.17) is 4.42 Å². The molecule has 13 aromatic rings. The predicted octanol–water partition coefficient (Wildman–Crippen LogP) is 20.6. The third-order valence-electron chi connectivity index (χ3n) is 18.2. The van der Waals surface area contributed by atoms with Crippen molar-refractivity contribution in [3.63, 3.8) is 0 Å². The lowest BCUT2D eigenvalue weighted by molar-refractivity contribution is 0.590. The summed E-state index contributed by atoms with van der Waals surface area (Å²) < 4.78 is 11.1. The molecule has 0 saturated carbocycles. The van der Waals surface area contributed by atoms with E-state index in [0.29, 0.717) is 0 Å². The minimum Gasteiger partial charge on any atom is -0.454 e. The number of benzene rings is 10. The molecule has 0 radical (unpaired) electrons. The maximum absolute atomic E-state index is 7.17. The molecule has 7 heteroatoms. The summed E-state index contributed by atoms with van der Waals surface area (Å²) in [4.78, 5) is 8.76. The molecule has 0 unspecified atom stereocenters. The van der Waals surface area contributed by atoms with E-state index in [1.54, 1.807) is 0 Å². The molecule has 15 rings (SSSR count). The quantitative estimate of drug-likeness (QED) is 0.149. The number of hydrogen-bond donors (Lipinski definition) is 0. The van der Waals surface area contributed by atoms with Crippen LogP contribution in [0.25, 0.3) is 58.8 Å². The van der Waals surface area contributed by atoms with Crippen LogP contribution < -0.4 is 31.1 Å². The fourth-order valence-electron chi connectivity index (χ4n) is 13.7. The molecule has 0 saturated heterocycles. The molecule has 2 aliphatic rings. The van der Waals surface area contributed by atoms with Crippen molar-refractivity contribution in [1.82, 2.24) is 4.57 Å². The van der Waals surface area contributed by atoms with E-state index in [-0.39, 0.29) is 28.4 Å². The fourth-order valence-corrected chi connectivity index (χ4v) is 14.9. The maximum Gasteiger partial charge on any atom is 0.252 e. The second kappa shape index (κ2) is 18.9. The van der Waals surface area contributed by atoms with Gasteiger partial charge in [-0.15, -0.1) is 11.3 Å². The molecule has 0 bridgehead atoms. The molecule has 0 fully saturated rings. The van der Waals surface area contributed by atoms with Crippen LogP contribution in [0.2, 0.25) is 0 Å². The maximum atomic E-state index is 7.17. The smallest absolute Gasteiger partial charge is 0.252 e. The van der Waals surface area contributed by atoms with Gasteiger partial charge in [0.2, 0.25) is 0 Å². The van der Waals surface area contributed by atoms with Crippen molar-refractivity contribution in [2.75, 3.05) is 14.7 Å². The van der Waals surface area contributed by atoms with Crippen molar-refractivity contribution in [3.05, 3.63) is 235 Å². The van der Waals surface area contributed by atoms with Crippen molar-refractivity contribution in [1.29, 1.82) is 0 Å². The number of nitrogens with zero attached hydrogens (tertiary/aromatic N) is 4. The Bertz CT molecular complexity index is 4690. The van der Waals surface area contributed by atoms with E-state index >= 15 is 0 Å². The molecule has 2 aliphatic heterocycles. The molecule has 0 N–H and O–H groups in total. The Labute approximate surface area is 504 Å². The van der Waals surface area contributed by atoms with Crippen LogP contribution in [-0.2, 0) is 21.7 Å². The molecule has 85 heavy (non-hydrogen) atoms. The third-order valence-corrected chi connectivity index (χ3v) is 19.4. The Kier molecular flexibility index (Phi) is 11.8. The zero-order valence-corrected chi connectivity index (χ0v) is 51.7. The van der Waals surface area contributed by atoms with E-state index in [1.807, 2.05) is 11.3 Å². The second-order valence-corrected chi connectivity index (χ2v) is 28.9. The Hall–Kier alpha value is -8.78. The number of hydrogen-bond acceptors (Lipinski definition) is 5. The molecule has 0 amide bonds. The van der Waals surface area contributed by atoms with Crippen molar-refractivity contribution in [2.24, 2.45) is 0 Å². The Morgan fingerprint density at radius 3 is 1.40 bits per heavy atom. The van der Waals surface area contributed by atoms with E-state index < -0.39 is 0 Å². The first-order valence-electron chi connectivity index (χ1n) is 30.2. The average molecular weight is 1120 g/mol. The summed E-state index contributed by atoms with van der Waals surface area (Å²) in [6.45, 7) is 27.4. The van der Waals surface area contributed by atoms with Gasteiger partial charge >= 0.3 is 0 Å². The van der Waals surface area contributed by atoms with Gasteiger partial charge in [0.15, 0.2) is 5.58 Å². The molecule has 5 nitrogen and oxygen atoms in total. The van der Waals surface area contributed by atoms with Crippen LogP contribution >= 0.6 is 11.3 Å². The number of fused-ring (bicyclic) bond motifs is 12. The number of anilines is 9. The lowest BCUT2D eigenvalue weighted by atomic mass is 9.34.